The molecule has 0 fully saturated rings. The minimum Gasteiger partial charge on any atom is -0.205 e. The highest BCUT2D eigenvalue weighted by atomic mass is 35.5. The number of thiophene rings is 1. The molecule has 0 spiro atoms. The monoisotopic (exact) mass is 246 g/mol. The number of rotatable bonds is 2. The molecule has 0 saturated heterocycles. The van der Waals surface area contributed by atoms with E-state index >= 15 is 0 Å². The summed E-state index contributed by atoms with van der Waals surface area (Å²) in [6, 6.07) is 5.68. The van der Waals surface area contributed by atoms with Gasteiger partial charge in [-0.1, -0.05) is 12.1 Å². The Morgan fingerprint density at radius 3 is 2.93 bits per heavy atom. The van der Waals surface area contributed by atoms with Gasteiger partial charge in [0.15, 0.2) is 0 Å². The molecule has 74 valence electrons. The first-order valence-corrected chi connectivity index (χ1v) is 6.65. The average Bonchev–Trinajstić information content (AvgIpc) is 2.55. The Balaban J connectivity index is 2.77. The lowest BCUT2D eigenvalue weighted by Crippen LogP contribution is -1.75. The SMILES string of the molecule is CSc1cccc2c(F)c(CCl)sc12. The van der Waals surface area contributed by atoms with Crippen LogP contribution in [0, 0.1) is 5.82 Å². The van der Waals surface area contributed by atoms with E-state index in [1.165, 1.54) is 11.3 Å². The van der Waals surface area contributed by atoms with E-state index in [1.54, 1.807) is 17.8 Å². The van der Waals surface area contributed by atoms with Crippen molar-refractivity contribution in [2.24, 2.45) is 0 Å². The zero-order valence-electron chi connectivity index (χ0n) is 7.51. The van der Waals surface area contributed by atoms with E-state index < -0.39 is 0 Å². The third-order valence-electron chi connectivity index (χ3n) is 2.03. The minimum absolute atomic E-state index is 0.157. The quantitative estimate of drug-likeness (QED) is 0.555. The molecule has 2 rings (SSSR count). The van der Waals surface area contributed by atoms with Gasteiger partial charge in [0.05, 0.1) is 15.5 Å². The lowest BCUT2D eigenvalue weighted by Gasteiger charge is -1.96. The highest BCUT2D eigenvalue weighted by molar-refractivity contribution is 7.99. The number of benzene rings is 1. The Labute approximate surface area is 95.1 Å². The van der Waals surface area contributed by atoms with Crippen molar-refractivity contribution in [1.82, 2.24) is 0 Å². The van der Waals surface area contributed by atoms with Crippen LogP contribution in [-0.4, -0.2) is 6.26 Å². The Kier molecular flexibility index (Phi) is 3.00. The molecule has 0 N–H and O–H groups in total. The molecule has 2 aromatic rings. The molecule has 0 nitrogen and oxygen atoms in total. The molecule has 1 aromatic heterocycles. The van der Waals surface area contributed by atoms with Gasteiger partial charge in [0.2, 0.25) is 0 Å². The Bertz CT molecular complexity index is 464. The van der Waals surface area contributed by atoms with E-state index in [9.17, 15) is 4.39 Å². The predicted octanol–water partition coefficient (Wildman–Crippen LogP) is 4.50. The summed E-state index contributed by atoms with van der Waals surface area (Å²) in [5.41, 5.74) is 0. The van der Waals surface area contributed by atoms with Crippen molar-refractivity contribution in [2.75, 3.05) is 6.26 Å². The number of hydrogen-bond donors (Lipinski definition) is 0. The molecule has 0 saturated carbocycles. The number of thioether (sulfide) groups is 1. The van der Waals surface area contributed by atoms with Gasteiger partial charge in [-0.15, -0.1) is 34.7 Å². The molecule has 14 heavy (non-hydrogen) atoms. The topological polar surface area (TPSA) is 0 Å². The fourth-order valence-electron chi connectivity index (χ4n) is 1.36. The van der Waals surface area contributed by atoms with Crippen molar-refractivity contribution in [3.05, 3.63) is 28.9 Å². The first-order valence-electron chi connectivity index (χ1n) is 4.07. The van der Waals surface area contributed by atoms with Gasteiger partial charge in [0.25, 0.3) is 0 Å². The van der Waals surface area contributed by atoms with Gasteiger partial charge in [-0.2, -0.15) is 0 Å². The minimum atomic E-state index is -0.157. The summed E-state index contributed by atoms with van der Waals surface area (Å²) in [7, 11) is 0. The van der Waals surface area contributed by atoms with Crippen LogP contribution in [0.4, 0.5) is 4.39 Å². The second kappa shape index (κ2) is 4.09. The zero-order chi connectivity index (χ0) is 10.1. The molecule has 0 radical (unpaired) electrons. The van der Waals surface area contributed by atoms with Crippen LogP contribution >= 0.6 is 34.7 Å². The maximum Gasteiger partial charge on any atom is 0.146 e. The first kappa shape index (κ1) is 10.3. The van der Waals surface area contributed by atoms with Crippen LogP contribution in [0.5, 0.6) is 0 Å². The third kappa shape index (κ3) is 1.53. The van der Waals surface area contributed by atoms with Gasteiger partial charge in [0.1, 0.15) is 5.82 Å². The summed E-state index contributed by atoms with van der Waals surface area (Å²) in [4.78, 5) is 1.74. The zero-order valence-corrected chi connectivity index (χ0v) is 9.90. The molecule has 1 heterocycles. The lowest BCUT2D eigenvalue weighted by molar-refractivity contribution is 0.635. The van der Waals surface area contributed by atoms with Crippen LogP contribution in [0.25, 0.3) is 10.1 Å². The molecule has 4 heteroatoms. The normalized spacial score (nSPS) is 11.1. The maximum absolute atomic E-state index is 13.7. The van der Waals surface area contributed by atoms with Gasteiger partial charge < -0.3 is 0 Å². The Hall–Kier alpha value is -0.250. The van der Waals surface area contributed by atoms with Crippen molar-refractivity contribution in [3.8, 4) is 0 Å². The van der Waals surface area contributed by atoms with Crippen molar-refractivity contribution in [3.63, 3.8) is 0 Å². The number of halogens is 2. The lowest BCUT2D eigenvalue weighted by atomic mass is 10.2. The molecule has 0 unspecified atom stereocenters. The van der Waals surface area contributed by atoms with Crippen LogP contribution in [0.1, 0.15) is 4.88 Å². The Morgan fingerprint density at radius 1 is 1.50 bits per heavy atom. The van der Waals surface area contributed by atoms with E-state index in [4.69, 9.17) is 11.6 Å². The van der Waals surface area contributed by atoms with Gasteiger partial charge in [-0.25, -0.2) is 4.39 Å². The van der Waals surface area contributed by atoms with E-state index in [1.807, 2.05) is 18.4 Å². The molecular formula is C10H8ClFS2. The summed E-state index contributed by atoms with van der Waals surface area (Å²) in [5, 5.41) is 0.692. The van der Waals surface area contributed by atoms with Crippen LogP contribution in [0.15, 0.2) is 23.1 Å². The third-order valence-corrected chi connectivity index (χ3v) is 4.58. The van der Waals surface area contributed by atoms with E-state index in [2.05, 4.69) is 0 Å². The van der Waals surface area contributed by atoms with Crippen molar-refractivity contribution >= 4 is 44.8 Å². The van der Waals surface area contributed by atoms with Gasteiger partial charge in [0, 0.05) is 10.3 Å². The van der Waals surface area contributed by atoms with Crippen LogP contribution in [-0.2, 0) is 5.88 Å². The fraction of sp³-hybridized carbons (Fsp3) is 0.200. The summed E-state index contributed by atoms with van der Waals surface area (Å²) >= 11 is 8.74. The van der Waals surface area contributed by atoms with Crippen molar-refractivity contribution < 1.29 is 4.39 Å². The molecule has 0 aliphatic heterocycles. The van der Waals surface area contributed by atoms with E-state index in [0.717, 1.165) is 9.60 Å². The summed E-state index contributed by atoms with van der Waals surface area (Å²) in [6.07, 6.45) is 1.99. The molecule has 0 aliphatic rings. The standard InChI is InChI=1S/C10H8ClFS2/c1-13-7-4-2-3-6-9(12)8(5-11)14-10(6)7/h2-4H,5H2,1H3. The van der Waals surface area contributed by atoms with Crippen LogP contribution in [0.2, 0.25) is 0 Å². The van der Waals surface area contributed by atoms with Gasteiger partial charge in [-0.3, -0.25) is 0 Å². The molecule has 0 aliphatic carbocycles. The highest BCUT2D eigenvalue weighted by Crippen LogP contribution is 2.36. The predicted molar refractivity (Wildman–Crippen MR) is 63.1 cm³/mol. The average molecular weight is 247 g/mol. The summed E-state index contributed by atoms with van der Waals surface area (Å²) in [6.45, 7) is 0. The number of fused-ring (bicyclic) bond motifs is 1. The van der Waals surface area contributed by atoms with E-state index in [-0.39, 0.29) is 11.7 Å². The molecule has 1 aromatic carbocycles. The van der Waals surface area contributed by atoms with Gasteiger partial charge >= 0.3 is 0 Å². The number of alkyl halides is 1. The maximum atomic E-state index is 13.7. The summed E-state index contributed by atoms with van der Waals surface area (Å²) in [5.74, 6) is 0.0924. The molecule has 0 bridgehead atoms. The van der Waals surface area contributed by atoms with Crippen LogP contribution < -0.4 is 0 Å². The fourth-order valence-corrected chi connectivity index (χ4v) is 3.46. The molecule has 0 amide bonds. The van der Waals surface area contributed by atoms with Gasteiger partial charge in [-0.05, 0) is 12.3 Å². The second-order valence-corrected chi connectivity index (χ2v) is 5.03. The summed E-state index contributed by atoms with van der Waals surface area (Å²) < 4.78 is 14.7. The largest absolute Gasteiger partial charge is 0.205 e. The second-order valence-electron chi connectivity index (χ2n) is 2.81. The molecular weight excluding hydrogens is 239 g/mol. The van der Waals surface area contributed by atoms with E-state index in [0.29, 0.717) is 10.3 Å². The smallest absolute Gasteiger partial charge is 0.146 e. The first-order chi connectivity index (χ1) is 6.77. The Morgan fingerprint density at radius 2 is 2.29 bits per heavy atom. The molecule has 0 atom stereocenters. The number of hydrogen-bond acceptors (Lipinski definition) is 2. The van der Waals surface area contributed by atoms with Crippen molar-refractivity contribution in [1.29, 1.82) is 0 Å². The van der Waals surface area contributed by atoms with Crippen LogP contribution in [0.3, 0.4) is 0 Å². The van der Waals surface area contributed by atoms with Crippen molar-refractivity contribution in [2.45, 2.75) is 10.8 Å². The highest BCUT2D eigenvalue weighted by Gasteiger charge is 2.12.